The van der Waals surface area contributed by atoms with Crippen LogP contribution in [-0.2, 0) is 7.05 Å². The van der Waals surface area contributed by atoms with Gasteiger partial charge in [-0.1, -0.05) is 42.5 Å². The second-order valence-electron chi connectivity index (χ2n) is 4.72. The third-order valence-electron chi connectivity index (χ3n) is 3.30. The highest BCUT2D eigenvalue weighted by molar-refractivity contribution is 6.06. The summed E-state index contributed by atoms with van der Waals surface area (Å²) in [5.74, 6) is -0.461. The zero-order chi connectivity index (χ0) is 14.8. The van der Waals surface area contributed by atoms with Gasteiger partial charge in [-0.05, 0) is 23.8 Å². The van der Waals surface area contributed by atoms with E-state index in [0.717, 1.165) is 11.1 Å². The monoisotopic (exact) mass is 279 g/mol. The first kappa shape index (κ1) is 13.1. The molecule has 0 bridgehead atoms. The van der Waals surface area contributed by atoms with Crippen LogP contribution in [0, 0.1) is 0 Å². The first-order valence-electron chi connectivity index (χ1n) is 6.52. The van der Waals surface area contributed by atoms with Crippen molar-refractivity contribution in [1.82, 2.24) is 4.57 Å². The molecule has 0 aliphatic heterocycles. The molecule has 0 fully saturated rings. The number of carbonyl (C=O) groups is 1. The minimum absolute atomic E-state index is 0.0646. The first-order valence-corrected chi connectivity index (χ1v) is 6.52. The Kier molecular flexibility index (Phi) is 3.28. The summed E-state index contributed by atoms with van der Waals surface area (Å²) in [5.41, 5.74) is 2.69. The average Bonchev–Trinajstić information content (AvgIpc) is 2.80. The molecular formula is C17H13NO3. The van der Waals surface area contributed by atoms with E-state index in [4.69, 9.17) is 4.42 Å². The second kappa shape index (κ2) is 5.25. The van der Waals surface area contributed by atoms with E-state index < -0.39 is 5.76 Å². The topological polar surface area (TPSA) is 52.2 Å². The number of fused-ring (bicyclic) bond motifs is 1. The molecule has 0 saturated heterocycles. The van der Waals surface area contributed by atoms with Gasteiger partial charge in [0.15, 0.2) is 11.4 Å². The number of oxazole rings is 1. The minimum atomic E-state index is -0.397. The van der Waals surface area contributed by atoms with Gasteiger partial charge in [-0.2, -0.15) is 0 Å². The van der Waals surface area contributed by atoms with Gasteiger partial charge in [0.25, 0.3) is 0 Å². The Bertz CT molecular complexity index is 885. The summed E-state index contributed by atoms with van der Waals surface area (Å²) in [4.78, 5) is 23.4. The van der Waals surface area contributed by atoms with Crippen molar-refractivity contribution in [3.63, 3.8) is 0 Å². The fourth-order valence-corrected chi connectivity index (χ4v) is 2.12. The van der Waals surface area contributed by atoms with Crippen molar-refractivity contribution in [2.75, 3.05) is 0 Å². The van der Waals surface area contributed by atoms with Gasteiger partial charge in [0.1, 0.15) is 0 Å². The fourth-order valence-electron chi connectivity index (χ4n) is 2.12. The lowest BCUT2D eigenvalue weighted by Gasteiger charge is -1.96. The van der Waals surface area contributed by atoms with Crippen LogP contribution in [0.5, 0.6) is 0 Å². The van der Waals surface area contributed by atoms with Gasteiger partial charge in [-0.15, -0.1) is 0 Å². The molecule has 0 spiro atoms. The summed E-state index contributed by atoms with van der Waals surface area (Å²) in [6.07, 6.45) is 3.22. The van der Waals surface area contributed by atoms with Gasteiger partial charge in [-0.3, -0.25) is 9.36 Å². The summed E-state index contributed by atoms with van der Waals surface area (Å²) in [6, 6.07) is 14.4. The molecule has 0 unspecified atom stereocenters. The van der Waals surface area contributed by atoms with Gasteiger partial charge in [0.2, 0.25) is 0 Å². The molecule has 0 radical (unpaired) electrons. The Morgan fingerprint density at radius 2 is 1.90 bits per heavy atom. The van der Waals surface area contributed by atoms with Crippen LogP contribution in [0.3, 0.4) is 0 Å². The Labute approximate surface area is 120 Å². The minimum Gasteiger partial charge on any atom is -0.408 e. The quantitative estimate of drug-likeness (QED) is 0.547. The lowest BCUT2D eigenvalue weighted by molar-refractivity contribution is 0.104. The molecular weight excluding hydrogens is 266 g/mol. The highest BCUT2D eigenvalue weighted by atomic mass is 16.4. The van der Waals surface area contributed by atoms with Crippen LogP contribution in [0.25, 0.3) is 17.2 Å². The van der Waals surface area contributed by atoms with Crippen molar-refractivity contribution in [1.29, 1.82) is 0 Å². The SMILES string of the molecule is Cn1c(=O)oc2cc(/C=C/C(=O)c3ccccc3)ccc21. The van der Waals surface area contributed by atoms with Crippen LogP contribution in [0.2, 0.25) is 0 Å². The zero-order valence-corrected chi connectivity index (χ0v) is 11.4. The van der Waals surface area contributed by atoms with Crippen molar-refractivity contribution in [3.8, 4) is 0 Å². The van der Waals surface area contributed by atoms with Crippen molar-refractivity contribution >= 4 is 23.0 Å². The molecule has 104 valence electrons. The number of aromatic nitrogens is 1. The Morgan fingerprint density at radius 3 is 2.67 bits per heavy atom. The van der Waals surface area contributed by atoms with Crippen molar-refractivity contribution in [3.05, 3.63) is 76.3 Å². The van der Waals surface area contributed by atoms with Gasteiger partial charge in [0, 0.05) is 12.6 Å². The second-order valence-corrected chi connectivity index (χ2v) is 4.72. The standard InChI is InChI=1S/C17H13NO3/c1-18-14-9-7-12(11-16(14)21-17(18)20)8-10-15(19)13-5-3-2-4-6-13/h2-11H,1H3/b10-8+. The number of hydrogen-bond donors (Lipinski definition) is 0. The van der Waals surface area contributed by atoms with E-state index in [0.29, 0.717) is 11.1 Å². The molecule has 0 saturated carbocycles. The third-order valence-corrected chi connectivity index (χ3v) is 3.30. The van der Waals surface area contributed by atoms with Gasteiger partial charge in [-0.25, -0.2) is 4.79 Å². The Hall–Kier alpha value is -2.88. The van der Waals surface area contributed by atoms with Crippen LogP contribution >= 0.6 is 0 Å². The summed E-state index contributed by atoms with van der Waals surface area (Å²) in [6.45, 7) is 0. The number of carbonyl (C=O) groups excluding carboxylic acids is 1. The van der Waals surface area contributed by atoms with E-state index in [-0.39, 0.29) is 5.78 Å². The Balaban J connectivity index is 1.90. The van der Waals surface area contributed by atoms with E-state index in [1.807, 2.05) is 24.3 Å². The van der Waals surface area contributed by atoms with E-state index in [1.165, 1.54) is 10.6 Å². The molecule has 1 heterocycles. The third kappa shape index (κ3) is 2.56. The molecule has 0 N–H and O–H groups in total. The van der Waals surface area contributed by atoms with Gasteiger partial charge < -0.3 is 4.42 Å². The molecule has 0 aliphatic rings. The summed E-state index contributed by atoms with van der Waals surface area (Å²) in [7, 11) is 1.66. The van der Waals surface area contributed by atoms with Crippen LogP contribution in [0.4, 0.5) is 0 Å². The van der Waals surface area contributed by atoms with Crippen molar-refractivity contribution < 1.29 is 9.21 Å². The number of hydrogen-bond acceptors (Lipinski definition) is 3. The molecule has 0 atom stereocenters. The van der Waals surface area contributed by atoms with Crippen LogP contribution in [0.1, 0.15) is 15.9 Å². The van der Waals surface area contributed by atoms with Crippen LogP contribution in [-0.4, -0.2) is 10.4 Å². The number of allylic oxidation sites excluding steroid dienone is 1. The molecule has 0 amide bonds. The van der Waals surface area contributed by atoms with Gasteiger partial charge in [0.05, 0.1) is 5.52 Å². The molecule has 4 heteroatoms. The van der Waals surface area contributed by atoms with Gasteiger partial charge >= 0.3 is 5.76 Å². The number of aryl methyl sites for hydroxylation is 1. The highest BCUT2D eigenvalue weighted by Crippen LogP contribution is 2.15. The summed E-state index contributed by atoms with van der Waals surface area (Å²) >= 11 is 0. The smallest absolute Gasteiger partial charge is 0.408 e. The van der Waals surface area contributed by atoms with E-state index in [2.05, 4.69) is 0 Å². The number of nitrogens with zero attached hydrogens (tertiary/aromatic N) is 1. The summed E-state index contributed by atoms with van der Waals surface area (Å²) in [5, 5.41) is 0. The number of ketones is 1. The summed E-state index contributed by atoms with van der Waals surface area (Å²) < 4.78 is 6.56. The molecule has 1 aromatic heterocycles. The first-order chi connectivity index (χ1) is 10.1. The maximum absolute atomic E-state index is 12.0. The predicted molar refractivity (Wildman–Crippen MR) is 81.3 cm³/mol. The normalized spacial score (nSPS) is 11.3. The van der Waals surface area contributed by atoms with Crippen molar-refractivity contribution in [2.24, 2.45) is 7.05 Å². The van der Waals surface area contributed by atoms with E-state index in [9.17, 15) is 9.59 Å². The highest BCUT2D eigenvalue weighted by Gasteiger charge is 2.05. The van der Waals surface area contributed by atoms with E-state index >= 15 is 0 Å². The molecule has 0 aliphatic carbocycles. The largest absolute Gasteiger partial charge is 0.419 e. The van der Waals surface area contributed by atoms with Crippen LogP contribution in [0.15, 0.2) is 63.8 Å². The maximum Gasteiger partial charge on any atom is 0.419 e. The molecule has 21 heavy (non-hydrogen) atoms. The fraction of sp³-hybridized carbons (Fsp3) is 0.0588. The molecule has 3 aromatic rings. The van der Waals surface area contributed by atoms with Crippen molar-refractivity contribution in [2.45, 2.75) is 0 Å². The lowest BCUT2D eigenvalue weighted by atomic mass is 10.1. The average molecular weight is 279 g/mol. The van der Waals surface area contributed by atoms with E-state index in [1.54, 1.807) is 37.4 Å². The number of rotatable bonds is 3. The molecule has 4 nitrogen and oxygen atoms in total. The predicted octanol–water partition coefficient (Wildman–Crippen LogP) is 3.03. The molecule has 2 aromatic carbocycles. The lowest BCUT2D eigenvalue weighted by Crippen LogP contribution is -2.08. The molecule has 3 rings (SSSR count). The zero-order valence-electron chi connectivity index (χ0n) is 11.4. The number of benzene rings is 2. The maximum atomic E-state index is 12.0. The Morgan fingerprint density at radius 1 is 1.14 bits per heavy atom. The van der Waals surface area contributed by atoms with Crippen LogP contribution < -0.4 is 5.76 Å².